The van der Waals surface area contributed by atoms with Crippen LogP contribution in [-0.2, 0) is 20.5 Å². The van der Waals surface area contributed by atoms with Crippen molar-refractivity contribution in [2.75, 3.05) is 11.9 Å². The molecule has 3 rings (SSSR count). The van der Waals surface area contributed by atoms with Gasteiger partial charge in [0.05, 0.1) is 17.6 Å². The zero-order valence-electron chi connectivity index (χ0n) is 12.6. The van der Waals surface area contributed by atoms with Crippen LogP contribution in [0.5, 0.6) is 0 Å². The zero-order chi connectivity index (χ0) is 14.7. The smallest absolute Gasteiger partial charge is 0.399 e. The number of nitrogens with zero attached hydrogens (tertiary/aromatic N) is 2. The number of anilines is 1. The lowest BCUT2D eigenvalue weighted by Gasteiger charge is -2.32. The van der Waals surface area contributed by atoms with Crippen LogP contribution in [0.1, 0.15) is 33.3 Å². The van der Waals surface area contributed by atoms with Gasteiger partial charge in [-0.15, -0.1) is 0 Å². The molecular weight excluding hydrogens is 255 g/mol. The Morgan fingerprint density at radius 3 is 2.45 bits per heavy atom. The van der Waals surface area contributed by atoms with E-state index in [9.17, 15) is 4.79 Å². The number of amides is 1. The van der Waals surface area contributed by atoms with Crippen LogP contribution in [0.15, 0.2) is 12.3 Å². The third-order valence-electron chi connectivity index (χ3n) is 4.52. The highest BCUT2D eigenvalue weighted by Crippen LogP contribution is 2.36. The molecule has 0 aliphatic carbocycles. The van der Waals surface area contributed by atoms with Crippen molar-refractivity contribution in [2.24, 2.45) is 0 Å². The van der Waals surface area contributed by atoms with Gasteiger partial charge in [-0.2, -0.15) is 0 Å². The van der Waals surface area contributed by atoms with Crippen molar-refractivity contribution in [3.8, 4) is 0 Å². The molecule has 0 spiro atoms. The average molecular weight is 274 g/mol. The lowest BCUT2D eigenvalue weighted by atomic mass is 9.79. The van der Waals surface area contributed by atoms with Crippen molar-refractivity contribution in [1.29, 1.82) is 0 Å². The summed E-state index contributed by atoms with van der Waals surface area (Å²) in [7, 11) is 1.31. The number of pyridine rings is 1. The van der Waals surface area contributed by atoms with Gasteiger partial charge in [0.1, 0.15) is 5.82 Å². The van der Waals surface area contributed by atoms with Gasteiger partial charge in [0, 0.05) is 24.3 Å². The van der Waals surface area contributed by atoms with Crippen LogP contribution in [0.25, 0.3) is 0 Å². The van der Waals surface area contributed by atoms with Gasteiger partial charge in [-0.3, -0.25) is 9.69 Å². The van der Waals surface area contributed by atoms with Gasteiger partial charge in [0.25, 0.3) is 0 Å². The van der Waals surface area contributed by atoms with Gasteiger partial charge in [0.2, 0.25) is 5.91 Å². The SMILES string of the molecule is CN1C(=O)Cc2cc(B3OC(C)(C)C(C)(C)O3)cnc21. The van der Waals surface area contributed by atoms with E-state index in [1.807, 2.05) is 33.8 Å². The molecule has 1 saturated heterocycles. The highest BCUT2D eigenvalue weighted by atomic mass is 16.7. The fourth-order valence-corrected chi connectivity index (χ4v) is 2.46. The van der Waals surface area contributed by atoms with Gasteiger partial charge in [-0.25, -0.2) is 4.98 Å². The van der Waals surface area contributed by atoms with E-state index in [4.69, 9.17) is 9.31 Å². The summed E-state index contributed by atoms with van der Waals surface area (Å²) in [5, 5.41) is 0. The summed E-state index contributed by atoms with van der Waals surface area (Å²) in [6.45, 7) is 8.08. The lowest BCUT2D eigenvalue weighted by Crippen LogP contribution is -2.41. The Labute approximate surface area is 119 Å². The van der Waals surface area contributed by atoms with Gasteiger partial charge >= 0.3 is 7.12 Å². The molecule has 5 nitrogen and oxygen atoms in total. The first-order valence-electron chi connectivity index (χ1n) is 6.82. The molecule has 1 amide bonds. The van der Waals surface area contributed by atoms with E-state index in [-0.39, 0.29) is 17.1 Å². The Morgan fingerprint density at radius 1 is 1.25 bits per heavy atom. The Balaban J connectivity index is 1.91. The van der Waals surface area contributed by atoms with E-state index >= 15 is 0 Å². The van der Waals surface area contributed by atoms with E-state index in [1.54, 1.807) is 18.1 Å². The number of carbonyl (C=O) groups excluding carboxylic acids is 1. The zero-order valence-corrected chi connectivity index (χ0v) is 12.6. The Hall–Kier alpha value is -1.40. The predicted molar refractivity (Wildman–Crippen MR) is 77.1 cm³/mol. The number of fused-ring (bicyclic) bond motifs is 1. The number of likely N-dealkylation sites (N-methyl/N-ethyl adjacent to an activating group) is 1. The second-order valence-electron chi connectivity index (χ2n) is 6.47. The minimum atomic E-state index is -0.432. The molecule has 0 N–H and O–H groups in total. The highest BCUT2D eigenvalue weighted by Gasteiger charge is 2.52. The van der Waals surface area contributed by atoms with E-state index in [0.29, 0.717) is 6.42 Å². The molecule has 1 fully saturated rings. The van der Waals surface area contributed by atoms with Crippen LogP contribution in [0.3, 0.4) is 0 Å². The van der Waals surface area contributed by atoms with Crippen LogP contribution < -0.4 is 10.4 Å². The minimum absolute atomic E-state index is 0.0681. The molecular formula is C14H19BN2O3. The van der Waals surface area contributed by atoms with Crippen molar-refractivity contribution in [1.82, 2.24) is 4.98 Å². The first-order chi connectivity index (χ1) is 9.21. The van der Waals surface area contributed by atoms with E-state index in [1.165, 1.54) is 0 Å². The molecule has 1 aromatic heterocycles. The van der Waals surface area contributed by atoms with E-state index in [0.717, 1.165) is 16.8 Å². The van der Waals surface area contributed by atoms with Crippen LogP contribution in [0, 0.1) is 0 Å². The molecule has 2 aliphatic rings. The Kier molecular flexibility index (Phi) is 2.75. The molecule has 106 valence electrons. The molecule has 3 heterocycles. The van der Waals surface area contributed by atoms with Crippen molar-refractivity contribution in [2.45, 2.75) is 45.3 Å². The number of hydrogen-bond donors (Lipinski definition) is 0. The summed E-state index contributed by atoms with van der Waals surface area (Å²) in [6.07, 6.45) is 2.13. The number of aromatic nitrogens is 1. The van der Waals surface area contributed by atoms with Gasteiger partial charge in [-0.05, 0) is 27.7 Å². The summed E-state index contributed by atoms with van der Waals surface area (Å²) in [4.78, 5) is 17.7. The maximum atomic E-state index is 11.7. The van der Waals surface area contributed by atoms with Crippen LogP contribution >= 0.6 is 0 Å². The van der Waals surface area contributed by atoms with E-state index < -0.39 is 7.12 Å². The second-order valence-corrected chi connectivity index (χ2v) is 6.47. The average Bonchev–Trinajstić information content (AvgIpc) is 2.74. The Bertz CT molecular complexity index is 570. The summed E-state index contributed by atoms with van der Waals surface area (Å²) in [6, 6.07) is 1.96. The van der Waals surface area contributed by atoms with Crippen LogP contribution in [0.4, 0.5) is 5.82 Å². The number of rotatable bonds is 1. The monoisotopic (exact) mass is 274 g/mol. The molecule has 0 bridgehead atoms. The van der Waals surface area contributed by atoms with Crippen molar-refractivity contribution in [3.05, 3.63) is 17.8 Å². The summed E-state index contributed by atoms with van der Waals surface area (Å²) in [5.74, 6) is 0.800. The molecule has 0 aromatic carbocycles. The Morgan fingerprint density at radius 2 is 1.85 bits per heavy atom. The number of carbonyl (C=O) groups is 1. The first kappa shape index (κ1) is 13.6. The third-order valence-corrected chi connectivity index (χ3v) is 4.52. The van der Waals surface area contributed by atoms with E-state index in [2.05, 4.69) is 4.98 Å². The summed E-state index contributed by atoms with van der Waals surface area (Å²) < 4.78 is 12.0. The molecule has 0 saturated carbocycles. The van der Waals surface area contributed by atoms with Gasteiger partial charge < -0.3 is 9.31 Å². The third kappa shape index (κ3) is 1.86. The van der Waals surface area contributed by atoms with Gasteiger partial charge in [-0.1, -0.05) is 6.07 Å². The topological polar surface area (TPSA) is 51.7 Å². The normalized spacial score (nSPS) is 23.4. The van der Waals surface area contributed by atoms with Crippen molar-refractivity contribution >= 4 is 24.3 Å². The maximum Gasteiger partial charge on any atom is 0.496 e. The van der Waals surface area contributed by atoms with Crippen LogP contribution in [0.2, 0.25) is 0 Å². The fraction of sp³-hybridized carbons (Fsp3) is 0.571. The fourth-order valence-electron chi connectivity index (χ4n) is 2.46. The largest absolute Gasteiger partial charge is 0.496 e. The second kappa shape index (κ2) is 4.05. The minimum Gasteiger partial charge on any atom is -0.399 e. The first-order valence-corrected chi connectivity index (χ1v) is 6.82. The maximum absolute atomic E-state index is 11.7. The highest BCUT2D eigenvalue weighted by molar-refractivity contribution is 6.62. The van der Waals surface area contributed by atoms with Crippen molar-refractivity contribution in [3.63, 3.8) is 0 Å². The molecule has 0 radical (unpaired) electrons. The number of hydrogen-bond acceptors (Lipinski definition) is 4. The molecule has 0 atom stereocenters. The molecule has 20 heavy (non-hydrogen) atoms. The summed E-state index contributed by atoms with van der Waals surface area (Å²) >= 11 is 0. The molecule has 2 aliphatic heterocycles. The van der Waals surface area contributed by atoms with Crippen molar-refractivity contribution < 1.29 is 14.1 Å². The van der Waals surface area contributed by atoms with Crippen LogP contribution in [-0.4, -0.2) is 36.3 Å². The lowest BCUT2D eigenvalue weighted by molar-refractivity contribution is -0.117. The van der Waals surface area contributed by atoms with Gasteiger partial charge in [0.15, 0.2) is 0 Å². The molecule has 0 unspecified atom stereocenters. The summed E-state index contributed by atoms with van der Waals surface area (Å²) in [5.41, 5.74) is 1.06. The molecule has 1 aromatic rings. The standard InChI is InChI=1S/C14H19BN2O3/c1-13(2)14(3,4)20-15(19-13)10-6-9-7-11(18)17(5)12(9)16-8-10/h6,8H,7H2,1-5H3. The quantitative estimate of drug-likeness (QED) is 0.714. The predicted octanol–water partition coefficient (Wildman–Crippen LogP) is 0.900. The molecule has 6 heteroatoms.